The lowest BCUT2D eigenvalue weighted by atomic mass is 9.98. The lowest BCUT2D eigenvalue weighted by Crippen LogP contribution is -2.23. The quantitative estimate of drug-likeness (QED) is 0.194. The number of aliphatic imine (C=N–C) groups is 1. The molecule has 0 aliphatic carbocycles. The van der Waals surface area contributed by atoms with E-state index in [4.69, 9.17) is 4.99 Å². The molecule has 37 heavy (non-hydrogen) atoms. The number of aromatic nitrogens is 1. The first-order chi connectivity index (χ1) is 18.0. The predicted octanol–water partition coefficient (Wildman–Crippen LogP) is 5.19. The van der Waals surface area contributed by atoms with E-state index in [1.807, 2.05) is 18.2 Å². The summed E-state index contributed by atoms with van der Waals surface area (Å²) in [6.07, 6.45) is 3.43. The van der Waals surface area contributed by atoms with Gasteiger partial charge in [0.15, 0.2) is 5.88 Å². The zero-order valence-electron chi connectivity index (χ0n) is 20.5. The van der Waals surface area contributed by atoms with Gasteiger partial charge in [-0.05, 0) is 73.8 Å². The zero-order valence-corrected chi connectivity index (χ0v) is 20.5. The van der Waals surface area contributed by atoms with Crippen molar-refractivity contribution in [2.45, 2.75) is 32.4 Å². The van der Waals surface area contributed by atoms with Gasteiger partial charge in [-0.2, -0.15) is 0 Å². The van der Waals surface area contributed by atoms with Crippen LogP contribution in [0.5, 0.6) is 5.88 Å². The molecule has 1 saturated heterocycles. The number of likely N-dealkylation sites (tertiary alicyclic amines) is 1. The summed E-state index contributed by atoms with van der Waals surface area (Å²) in [5, 5.41) is 26.4. The van der Waals surface area contributed by atoms with Crippen molar-refractivity contribution < 1.29 is 10.0 Å². The van der Waals surface area contributed by atoms with E-state index in [0.717, 1.165) is 50.4 Å². The Hall–Kier alpha value is -4.01. The molecule has 4 aromatic rings. The highest BCUT2D eigenvalue weighted by Crippen LogP contribution is 2.34. The molecule has 3 heterocycles. The van der Waals surface area contributed by atoms with Crippen LogP contribution in [0.1, 0.15) is 40.7 Å². The van der Waals surface area contributed by atoms with E-state index < -0.39 is 4.92 Å². The summed E-state index contributed by atoms with van der Waals surface area (Å²) in [4.78, 5) is 21.5. The highest BCUT2D eigenvalue weighted by Gasteiger charge is 2.22. The number of nitro benzene ring substituents is 1. The molecule has 1 aromatic heterocycles. The van der Waals surface area contributed by atoms with Crippen LogP contribution >= 0.6 is 0 Å². The Bertz CT molecular complexity index is 1500. The average Bonchev–Trinajstić information content (AvgIpc) is 3.54. The summed E-state index contributed by atoms with van der Waals surface area (Å²) in [5.74, 6) is -0.0578. The average molecular weight is 496 g/mol. The van der Waals surface area contributed by atoms with Gasteiger partial charge in [0.25, 0.3) is 5.69 Å². The minimum Gasteiger partial charge on any atom is -0.494 e. The molecule has 2 aliphatic rings. The van der Waals surface area contributed by atoms with E-state index in [1.165, 1.54) is 41.7 Å². The van der Waals surface area contributed by atoms with E-state index in [-0.39, 0.29) is 11.6 Å². The highest BCUT2D eigenvalue weighted by atomic mass is 16.6. The van der Waals surface area contributed by atoms with Gasteiger partial charge in [0, 0.05) is 41.7 Å². The first-order valence-corrected chi connectivity index (χ1v) is 12.8. The smallest absolute Gasteiger partial charge is 0.270 e. The van der Waals surface area contributed by atoms with Crippen LogP contribution in [0, 0.1) is 10.1 Å². The summed E-state index contributed by atoms with van der Waals surface area (Å²) < 4.78 is 0. The third-order valence-electron chi connectivity index (χ3n) is 7.36. The van der Waals surface area contributed by atoms with Crippen LogP contribution in [0.4, 0.5) is 11.4 Å². The van der Waals surface area contributed by atoms with Crippen molar-refractivity contribution in [3.63, 3.8) is 0 Å². The number of benzene rings is 3. The van der Waals surface area contributed by atoms with Gasteiger partial charge in [-0.15, -0.1) is 0 Å². The van der Waals surface area contributed by atoms with Gasteiger partial charge in [0.05, 0.1) is 21.9 Å². The monoisotopic (exact) mass is 495 g/mol. The van der Waals surface area contributed by atoms with Crippen molar-refractivity contribution in [3.8, 4) is 5.88 Å². The SMILES string of the molecule is O=[N+]([O-])c1ccc2[nH]c(O)c(C(=Nc3ccc4c(c3)CCNC4)c3ccc(CN4CCCC4)cc3)c2c1. The zero-order chi connectivity index (χ0) is 25.4. The van der Waals surface area contributed by atoms with Gasteiger partial charge in [-0.3, -0.25) is 15.0 Å². The second-order valence-electron chi connectivity index (χ2n) is 9.86. The molecule has 0 radical (unpaired) electrons. The van der Waals surface area contributed by atoms with E-state index in [2.05, 4.69) is 39.5 Å². The van der Waals surface area contributed by atoms with E-state index >= 15 is 0 Å². The number of nitrogens with zero attached hydrogens (tertiary/aromatic N) is 3. The Morgan fingerprint density at radius 3 is 2.62 bits per heavy atom. The molecule has 2 aliphatic heterocycles. The number of hydrogen-bond donors (Lipinski definition) is 3. The number of aromatic amines is 1. The maximum Gasteiger partial charge on any atom is 0.270 e. The molecule has 8 heteroatoms. The van der Waals surface area contributed by atoms with Crippen LogP contribution in [0.3, 0.4) is 0 Å². The fourth-order valence-corrected chi connectivity index (χ4v) is 5.41. The second-order valence-corrected chi connectivity index (χ2v) is 9.86. The fraction of sp³-hybridized carbons (Fsp3) is 0.276. The Labute approximate surface area is 214 Å². The van der Waals surface area contributed by atoms with Crippen molar-refractivity contribution in [1.82, 2.24) is 15.2 Å². The van der Waals surface area contributed by atoms with Crippen LogP contribution in [-0.4, -0.2) is 45.3 Å². The van der Waals surface area contributed by atoms with E-state index in [0.29, 0.717) is 22.2 Å². The number of rotatable bonds is 6. The molecule has 188 valence electrons. The molecule has 0 amide bonds. The van der Waals surface area contributed by atoms with Crippen LogP contribution in [0.2, 0.25) is 0 Å². The highest BCUT2D eigenvalue weighted by molar-refractivity contribution is 6.22. The van der Waals surface area contributed by atoms with Crippen molar-refractivity contribution in [2.75, 3.05) is 19.6 Å². The molecule has 0 unspecified atom stereocenters. The maximum atomic E-state index is 11.5. The van der Waals surface area contributed by atoms with Gasteiger partial charge >= 0.3 is 0 Å². The molecule has 0 saturated carbocycles. The molecule has 0 atom stereocenters. The molecular weight excluding hydrogens is 466 g/mol. The predicted molar refractivity (Wildman–Crippen MR) is 145 cm³/mol. The molecule has 0 bridgehead atoms. The second kappa shape index (κ2) is 9.80. The first-order valence-electron chi connectivity index (χ1n) is 12.8. The minimum absolute atomic E-state index is 0.0330. The normalized spacial score (nSPS) is 16.3. The van der Waals surface area contributed by atoms with Gasteiger partial charge in [0.1, 0.15) is 0 Å². The minimum atomic E-state index is -0.422. The van der Waals surface area contributed by atoms with Gasteiger partial charge in [-0.25, -0.2) is 4.99 Å². The Morgan fingerprint density at radius 1 is 1.03 bits per heavy atom. The Balaban J connectivity index is 1.47. The number of nitro groups is 1. The standard InChI is InChI=1S/C29H29N5O3/c35-29-27(25-16-24(34(36)37)9-10-26(25)32-29)28(31-23-8-7-22-17-30-12-11-21(22)15-23)20-5-3-19(4-6-20)18-33-13-1-2-14-33/h3-10,15-16,30,32,35H,1-2,11-14,17-18H2. The fourth-order valence-electron chi connectivity index (χ4n) is 5.41. The number of hydrogen-bond acceptors (Lipinski definition) is 6. The van der Waals surface area contributed by atoms with Crippen molar-refractivity contribution in [3.05, 3.63) is 98.6 Å². The third kappa shape index (κ3) is 4.73. The summed E-state index contributed by atoms with van der Waals surface area (Å²) in [6, 6.07) is 19.0. The number of nitrogens with one attached hydrogen (secondary N) is 2. The number of H-pyrrole nitrogens is 1. The van der Waals surface area contributed by atoms with Crippen molar-refractivity contribution >= 4 is 28.0 Å². The van der Waals surface area contributed by atoms with Crippen molar-refractivity contribution in [2.24, 2.45) is 4.99 Å². The summed E-state index contributed by atoms with van der Waals surface area (Å²) in [5.41, 5.74) is 7.01. The van der Waals surface area contributed by atoms with Crippen LogP contribution < -0.4 is 5.32 Å². The summed E-state index contributed by atoms with van der Waals surface area (Å²) in [7, 11) is 0. The summed E-state index contributed by atoms with van der Waals surface area (Å²) in [6.45, 7) is 4.95. The van der Waals surface area contributed by atoms with E-state index in [9.17, 15) is 15.2 Å². The molecular formula is C29H29N5O3. The first kappa shape index (κ1) is 23.4. The van der Waals surface area contributed by atoms with Crippen LogP contribution in [0.25, 0.3) is 10.9 Å². The van der Waals surface area contributed by atoms with Gasteiger partial charge in [0.2, 0.25) is 0 Å². The number of aromatic hydroxyl groups is 1. The van der Waals surface area contributed by atoms with Gasteiger partial charge in [-0.1, -0.05) is 30.3 Å². The lowest BCUT2D eigenvalue weighted by Gasteiger charge is -2.17. The molecule has 3 aromatic carbocycles. The Morgan fingerprint density at radius 2 is 1.84 bits per heavy atom. The summed E-state index contributed by atoms with van der Waals surface area (Å²) >= 11 is 0. The molecule has 0 spiro atoms. The number of fused-ring (bicyclic) bond motifs is 2. The maximum absolute atomic E-state index is 11.5. The number of non-ortho nitro benzene ring substituents is 1. The van der Waals surface area contributed by atoms with Gasteiger partial charge < -0.3 is 15.4 Å². The van der Waals surface area contributed by atoms with Crippen LogP contribution in [-0.2, 0) is 19.5 Å². The molecule has 3 N–H and O–H groups in total. The molecule has 8 nitrogen and oxygen atoms in total. The van der Waals surface area contributed by atoms with Crippen LogP contribution in [0.15, 0.2) is 65.7 Å². The third-order valence-corrected chi connectivity index (χ3v) is 7.36. The van der Waals surface area contributed by atoms with E-state index in [1.54, 1.807) is 6.07 Å². The Kier molecular flexibility index (Phi) is 6.20. The molecule has 6 rings (SSSR count). The lowest BCUT2D eigenvalue weighted by molar-refractivity contribution is -0.384. The van der Waals surface area contributed by atoms with Crippen molar-refractivity contribution in [1.29, 1.82) is 0 Å². The molecule has 1 fully saturated rings. The topological polar surface area (TPSA) is 107 Å². The largest absolute Gasteiger partial charge is 0.494 e.